The predicted molar refractivity (Wildman–Crippen MR) is 57.5 cm³/mol. The van der Waals surface area contributed by atoms with Gasteiger partial charge in [-0.3, -0.25) is 4.68 Å². The molecule has 5 nitrogen and oxygen atoms in total. The first kappa shape index (κ1) is 10.4. The number of rotatable bonds is 2. The van der Waals surface area contributed by atoms with Crippen molar-refractivity contribution in [3.63, 3.8) is 0 Å². The molecule has 0 spiro atoms. The number of nitrogens with zero attached hydrogens (tertiary/aromatic N) is 3. The third kappa shape index (κ3) is 1.58. The maximum absolute atomic E-state index is 9.60. The number of hydrogen-bond acceptors (Lipinski definition) is 4. The fourth-order valence-corrected chi connectivity index (χ4v) is 1.75. The summed E-state index contributed by atoms with van der Waals surface area (Å²) in [7, 11) is 1.78. The van der Waals surface area contributed by atoms with Gasteiger partial charge in [-0.25, -0.2) is 4.98 Å². The van der Waals surface area contributed by atoms with Gasteiger partial charge in [-0.1, -0.05) is 11.6 Å². The Morgan fingerprint density at radius 3 is 3.00 bits per heavy atom. The number of nitrogens with two attached hydrogens (primary N) is 1. The van der Waals surface area contributed by atoms with Gasteiger partial charge in [0, 0.05) is 25.4 Å². The summed E-state index contributed by atoms with van der Waals surface area (Å²) in [5, 5.41) is 14.8. The van der Waals surface area contributed by atoms with Crippen LogP contribution in [0.4, 0.5) is 0 Å². The van der Waals surface area contributed by atoms with E-state index in [1.54, 1.807) is 17.9 Å². The monoisotopic (exact) mass is 226 g/mol. The topological polar surface area (TPSA) is 77.0 Å². The molecule has 0 aliphatic carbocycles. The van der Waals surface area contributed by atoms with Crippen LogP contribution in [-0.2, 0) is 7.05 Å². The Kier molecular flexibility index (Phi) is 2.60. The molecule has 0 aromatic carbocycles. The molecule has 80 valence electrons. The van der Waals surface area contributed by atoms with Gasteiger partial charge >= 0.3 is 0 Å². The number of halogens is 1. The zero-order chi connectivity index (χ0) is 11.0. The number of fused-ring (bicyclic) bond motifs is 1. The quantitative estimate of drug-likeness (QED) is 0.787. The fourth-order valence-electron chi connectivity index (χ4n) is 1.44. The normalized spacial score (nSPS) is 13.3. The average molecular weight is 227 g/mol. The summed E-state index contributed by atoms with van der Waals surface area (Å²) in [5.41, 5.74) is 6.59. The Balaban J connectivity index is 2.65. The van der Waals surface area contributed by atoms with Gasteiger partial charge < -0.3 is 10.8 Å². The first-order valence-electron chi connectivity index (χ1n) is 4.49. The highest BCUT2D eigenvalue weighted by molar-refractivity contribution is 6.36. The predicted octanol–water partition coefficient (Wildman–Crippen LogP) is 0.614. The number of aromatic nitrogens is 3. The molecule has 0 saturated heterocycles. The maximum atomic E-state index is 9.60. The molecule has 2 aromatic heterocycles. The molecule has 1 unspecified atom stereocenters. The van der Waals surface area contributed by atoms with E-state index in [2.05, 4.69) is 10.1 Å². The molecule has 2 rings (SSSR count). The van der Waals surface area contributed by atoms with E-state index in [4.69, 9.17) is 17.3 Å². The second-order valence-corrected chi connectivity index (χ2v) is 3.66. The first-order chi connectivity index (χ1) is 7.15. The van der Waals surface area contributed by atoms with E-state index in [0.29, 0.717) is 16.2 Å². The highest BCUT2D eigenvalue weighted by Crippen LogP contribution is 2.28. The standard InChI is InChI=1S/C9H11ClN4O/c1-14-9-6(4-13-14)8(10)5(3-12-9)7(15)2-11/h3-4,7,15H,2,11H2,1H3. The summed E-state index contributed by atoms with van der Waals surface area (Å²) in [4.78, 5) is 4.17. The number of aryl methyl sites for hydroxylation is 1. The minimum Gasteiger partial charge on any atom is -0.387 e. The van der Waals surface area contributed by atoms with Crippen LogP contribution in [-0.4, -0.2) is 26.4 Å². The van der Waals surface area contributed by atoms with Crippen molar-refractivity contribution in [2.75, 3.05) is 6.54 Å². The summed E-state index contributed by atoms with van der Waals surface area (Å²) >= 11 is 6.12. The smallest absolute Gasteiger partial charge is 0.158 e. The number of aliphatic hydroxyl groups is 1. The van der Waals surface area contributed by atoms with Gasteiger partial charge in [0.25, 0.3) is 0 Å². The molecule has 0 saturated carbocycles. The molecule has 0 radical (unpaired) electrons. The molecule has 3 N–H and O–H groups in total. The SMILES string of the molecule is Cn1ncc2c(Cl)c(C(O)CN)cnc21. The van der Waals surface area contributed by atoms with Crippen LogP contribution < -0.4 is 5.73 Å². The van der Waals surface area contributed by atoms with Crippen LogP contribution in [0.25, 0.3) is 11.0 Å². The summed E-state index contributed by atoms with van der Waals surface area (Å²) in [6.45, 7) is 0.118. The van der Waals surface area contributed by atoms with Crippen LogP contribution in [0, 0.1) is 0 Å². The molecule has 2 aromatic rings. The van der Waals surface area contributed by atoms with Gasteiger partial charge in [0.2, 0.25) is 0 Å². The number of hydrogen-bond donors (Lipinski definition) is 2. The van der Waals surface area contributed by atoms with Crippen molar-refractivity contribution in [2.24, 2.45) is 12.8 Å². The van der Waals surface area contributed by atoms with Crippen LogP contribution in [0.15, 0.2) is 12.4 Å². The van der Waals surface area contributed by atoms with Gasteiger partial charge in [0.1, 0.15) is 0 Å². The first-order valence-corrected chi connectivity index (χ1v) is 4.87. The molecule has 1 atom stereocenters. The number of aliphatic hydroxyl groups excluding tert-OH is 1. The molecular formula is C9H11ClN4O. The minimum atomic E-state index is -0.783. The third-order valence-corrected chi connectivity index (χ3v) is 2.73. The Hall–Kier alpha value is -1.17. The lowest BCUT2D eigenvalue weighted by molar-refractivity contribution is 0.186. The maximum Gasteiger partial charge on any atom is 0.158 e. The van der Waals surface area contributed by atoms with Crippen molar-refractivity contribution in [1.82, 2.24) is 14.8 Å². The van der Waals surface area contributed by atoms with Crippen molar-refractivity contribution < 1.29 is 5.11 Å². The van der Waals surface area contributed by atoms with Crippen molar-refractivity contribution in [3.8, 4) is 0 Å². The van der Waals surface area contributed by atoms with Crippen molar-refractivity contribution in [1.29, 1.82) is 0 Å². The Morgan fingerprint density at radius 1 is 1.60 bits per heavy atom. The molecule has 0 bridgehead atoms. The summed E-state index contributed by atoms with van der Waals surface area (Å²) < 4.78 is 1.62. The molecule has 0 aliphatic heterocycles. The lowest BCUT2D eigenvalue weighted by Crippen LogP contribution is -2.12. The van der Waals surface area contributed by atoms with Gasteiger partial charge in [-0.2, -0.15) is 5.10 Å². The third-order valence-electron chi connectivity index (χ3n) is 2.31. The van der Waals surface area contributed by atoms with Gasteiger partial charge in [0.05, 0.1) is 22.7 Å². The van der Waals surface area contributed by atoms with E-state index >= 15 is 0 Å². The van der Waals surface area contributed by atoms with E-state index in [-0.39, 0.29) is 6.54 Å². The Bertz CT molecular complexity index is 496. The van der Waals surface area contributed by atoms with Crippen LogP contribution in [0.5, 0.6) is 0 Å². The zero-order valence-corrected chi connectivity index (χ0v) is 8.94. The molecule has 0 aliphatic rings. The molecule has 0 amide bonds. The molecule has 6 heteroatoms. The Labute approximate surface area is 91.5 Å². The number of pyridine rings is 1. The van der Waals surface area contributed by atoms with Crippen LogP contribution in [0.1, 0.15) is 11.7 Å². The van der Waals surface area contributed by atoms with Crippen LogP contribution >= 0.6 is 11.6 Å². The summed E-state index contributed by atoms with van der Waals surface area (Å²) in [6.07, 6.45) is 2.37. The van der Waals surface area contributed by atoms with Crippen LogP contribution in [0.3, 0.4) is 0 Å². The molecule has 2 heterocycles. The van der Waals surface area contributed by atoms with Crippen molar-refractivity contribution in [3.05, 3.63) is 23.0 Å². The fraction of sp³-hybridized carbons (Fsp3) is 0.333. The average Bonchev–Trinajstić information content (AvgIpc) is 2.61. The molecular weight excluding hydrogens is 216 g/mol. The second kappa shape index (κ2) is 3.77. The molecule has 0 fully saturated rings. The lowest BCUT2D eigenvalue weighted by atomic mass is 10.1. The van der Waals surface area contributed by atoms with Gasteiger partial charge in [-0.15, -0.1) is 0 Å². The van der Waals surface area contributed by atoms with Gasteiger partial charge in [-0.05, 0) is 0 Å². The second-order valence-electron chi connectivity index (χ2n) is 3.28. The largest absolute Gasteiger partial charge is 0.387 e. The van der Waals surface area contributed by atoms with E-state index in [0.717, 1.165) is 5.39 Å². The van der Waals surface area contributed by atoms with E-state index in [9.17, 15) is 5.11 Å². The minimum absolute atomic E-state index is 0.118. The summed E-state index contributed by atoms with van der Waals surface area (Å²) in [6, 6.07) is 0. The van der Waals surface area contributed by atoms with Crippen molar-refractivity contribution in [2.45, 2.75) is 6.10 Å². The van der Waals surface area contributed by atoms with Crippen LogP contribution in [0.2, 0.25) is 5.02 Å². The van der Waals surface area contributed by atoms with Gasteiger partial charge in [0.15, 0.2) is 5.65 Å². The van der Waals surface area contributed by atoms with Crippen molar-refractivity contribution >= 4 is 22.6 Å². The lowest BCUT2D eigenvalue weighted by Gasteiger charge is -2.09. The Morgan fingerprint density at radius 2 is 2.33 bits per heavy atom. The van der Waals surface area contributed by atoms with E-state index in [1.165, 1.54) is 6.20 Å². The zero-order valence-electron chi connectivity index (χ0n) is 8.18. The molecule has 15 heavy (non-hydrogen) atoms. The van der Waals surface area contributed by atoms with E-state index in [1.807, 2.05) is 0 Å². The summed E-state index contributed by atoms with van der Waals surface area (Å²) in [5.74, 6) is 0. The van der Waals surface area contributed by atoms with E-state index < -0.39 is 6.10 Å². The highest BCUT2D eigenvalue weighted by atomic mass is 35.5. The highest BCUT2D eigenvalue weighted by Gasteiger charge is 2.15.